The molecule has 0 radical (unpaired) electrons. The van der Waals surface area contributed by atoms with Crippen LogP contribution in [0, 0.1) is 5.92 Å². The summed E-state index contributed by atoms with van der Waals surface area (Å²) in [6.45, 7) is 4.48. The van der Waals surface area contributed by atoms with Gasteiger partial charge in [-0.1, -0.05) is 49.2 Å². The van der Waals surface area contributed by atoms with Crippen LogP contribution in [-0.2, 0) is 11.2 Å². The van der Waals surface area contributed by atoms with Gasteiger partial charge in [-0.2, -0.15) is 0 Å². The Bertz CT molecular complexity index is 838. The minimum absolute atomic E-state index is 0.220. The molecule has 3 N–H and O–H groups in total. The molecule has 2 aromatic carbocycles. The van der Waals surface area contributed by atoms with E-state index in [0.29, 0.717) is 18.0 Å². The molecule has 156 valence electrons. The summed E-state index contributed by atoms with van der Waals surface area (Å²) in [6.07, 6.45) is 2.05. The molecule has 29 heavy (non-hydrogen) atoms. The largest absolute Gasteiger partial charge is 0.508 e. The van der Waals surface area contributed by atoms with E-state index in [1.807, 2.05) is 26.0 Å². The van der Waals surface area contributed by atoms with Gasteiger partial charge in [-0.15, -0.1) is 0 Å². The van der Waals surface area contributed by atoms with Crippen molar-refractivity contribution < 1.29 is 14.7 Å². The maximum Gasteiger partial charge on any atom is 0.253 e. The molecule has 0 aliphatic rings. The molecule has 0 aliphatic carbocycles. The van der Waals surface area contributed by atoms with Gasteiger partial charge in [0, 0.05) is 11.6 Å². The molecule has 0 aliphatic heterocycles. The van der Waals surface area contributed by atoms with Crippen LogP contribution in [0.5, 0.6) is 5.75 Å². The number of hydrogen-bond acceptors (Lipinski definition) is 3. The Hall–Kier alpha value is -2.24. The van der Waals surface area contributed by atoms with E-state index in [9.17, 15) is 14.7 Å². The van der Waals surface area contributed by atoms with Crippen molar-refractivity contribution in [2.75, 3.05) is 6.54 Å². The molecule has 2 amide bonds. The predicted octanol–water partition coefficient (Wildman–Crippen LogP) is 4.59. The Balaban J connectivity index is 1.91. The molecule has 0 saturated heterocycles. The van der Waals surface area contributed by atoms with Gasteiger partial charge >= 0.3 is 0 Å². The minimum Gasteiger partial charge on any atom is -0.508 e. The molecule has 0 heterocycles. The SMILES string of the molecule is CC(C)CC(NC(=O)c1ccc(Cl)cc1Cl)C(=O)NCCCc1ccc(O)cc1. The standard InChI is InChI=1S/C22H26Cl2N2O3/c1-14(2)12-20(26-21(28)18-10-7-16(23)13-19(18)24)22(29)25-11-3-4-15-5-8-17(27)9-6-15/h5-10,13-14,20,27H,3-4,11-12H2,1-2H3,(H,25,29)(H,26,28). The number of nitrogens with one attached hydrogen (secondary N) is 2. The van der Waals surface area contributed by atoms with Crippen molar-refractivity contribution in [2.24, 2.45) is 5.92 Å². The topological polar surface area (TPSA) is 78.4 Å². The van der Waals surface area contributed by atoms with Gasteiger partial charge in [0.2, 0.25) is 5.91 Å². The van der Waals surface area contributed by atoms with Crippen molar-refractivity contribution >= 4 is 35.0 Å². The zero-order valence-electron chi connectivity index (χ0n) is 16.5. The summed E-state index contributed by atoms with van der Waals surface area (Å²) >= 11 is 12.0. The third-order valence-corrected chi connectivity index (χ3v) is 4.93. The highest BCUT2D eigenvalue weighted by Crippen LogP contribution is 2.21. The molecule has 0 aromatic heterocycles. The number of aromatic hydroxyl groups is 1. The monoisotopic (exact) mass is 436 g/mol. The van der Waals surface area contributed by atoms with Crippen LogP contribution in [-0.4, -0.2) is 29.5 Å². The lowest BCUT2D eigenvalue weighted by Crippen LogP contribution is -2.47. The van der Waals surface area contributed by atoms with Crippen LogP contribution in [0.1, 0.15) is 42.6 Å². The second kappa shape index (κ2) is 11.1. The Labute approximate surface area is 181 Å². The molecule has 2 aromatic rings. The molecule has 1 unspecified atom stereocenters. The third-order valence-electron chi connectivity index (χ3n) is 4.38. The van der Waals surface area contributed by atoms with Crippen LogP contribution < -0.4 is 10.6 Å². The first-order valence-corrected chi connectivity index (χ1v) is 10.3. The zero-order chi connectivity index (χ0) is 21.4. The highest BCUT2D eigenvalue weighted by atomic mass is 35.5. The summed E-state index contributed by atoms with van der Waals surface area (Å²) < 4.78 is 0. The fourth-order valence-corrected chi connectivity index (χ4v) is 3.40. The molecular weight excluding hydrogens is 411 g/mol. The average Bonchev–Trinajstić information content (AvgIpc) is 2.65. The Kier molecular flexibility index (Phi) is 8.80. The zero-order valence-corrected chi connectivity index (χ0v) is 18.1. The number of phenols is 1. The first kappa shape index (κ1) is 23.0. The lowest BCUT2D eigenvalue weighted by Gasteiger charge is -2.20. The molecule has 1 atom stereocenters. The Morgan fingerprint density at radius 2 is 1.76 bits per heavy atom. The lowest BCUT2D eigenvalue weighted by atomic mass is 10.0. The minimum atomic E-state index is -0.650. The lowest BCUT2D eigenvalue weighted by molar-refractivity contribution is -0.123. The molecule has 0 bridgehead atoms. The molecule has 5 nitrogen and oxygen atoms in total. The van der Waals surface area contributed by atoms with Crippen molar-refractivity contribution in [3.63, 3.8) is 0 Å². The van der Waals surface area contributed by atoms with Crippen molar-refractivity contribution in [3.05, 3.63) is 63.6 Å². The number of amides is 2. The highest BCUT2D eigenvalue weighted by molar-refractivity contribution is 6.36. The number of benzene rings is 2. The summed E-state index contributed by atoms with van der Waals surface area (Å²) in [4.78, 5) is 25.2. The Morgan fingerprint density at radius 3 is 2.38 bits per heavy atom. The van der Waals surface area contributed by atoms with Crippen molar-refractivity contribution in [3.8, 4) is 5.75 Å². The first-order chi connectivity index (χ1) is 13.8. The maximum atomic E-state index is 12.6. The van der Waals surface area contributed by atoms with Gasteiger partial charge in [-0.05, 0) is 61.1 Å². The van der Waals surface area contributed by atoms with Gasteiger partial charge in [0.1, 0.15) is 11.8 Å². The van der Waals surface area contributed by atoms with Crippen LogP contribution in [0.3, 0.4) is 0 Å². The van der Waals surface area contributed by atoms with E-state index in [0.717, 1.165) is 18.4 Å². The normalized spacial score (nSPS) is 11.9. The second-order valence-corrected chi connectivity index (χ2v) is 8.18. The van der Waals surface area contributed by atoms with Crippen LogP contribution in [0.15, 0.2) is 42.5 Å². The van der Waals surface area contributed by atoms with Crippen LogP contribution >= 0.6 is 23.2 Å². The van der Waals surface area contributed by atoms with Gasteiger partial charge in [-0.3, -0.25) is 9.59 Å². The molecule has 0 saturated carbocycles. The summed E-state index contributed by atoms with van der Waals surface area (Å²) in [7, 11) is 0. The number of carbonyl (C=O) groups is 2. The van der Waals surface area contributed by atoms with Gasteiger partial charge < -0.3 is 15.7 Å². The van der Waals surface area contributed by atoms with Crippen LogP contribution in [0.4, 0.5) is 0 Å². The van der Waals surface area contributed by atoms with E-state index >= 15 is 0 Å². The van der Waals surface area contributed by atoms with E-state index < -0.39 is 11.9 Å². The fourth-order valence-electron chi connectivity index (χ4n) is 2.90. The number of rotatable bonds is 9. The van der Waals surface area contributed by atoms with E-state index in [1.54, 1.807) is 24.3 Å². The number of aryl methyl sites for hydroxylation is 1. The summed E-state index contributed by atoms with van der Waals surface area (Å²) in [5, 5.41) is 15.7. The van der Waals surface area contributed by atoms with E-state index in [4.69, 9.17) is 23.2 Å². The quantitative estimate of drug-likeness (QED) is 0.502. The van der Waals surface area contributed by atoms with Crippen molar-refractivity contribution in [2.45, 2.75) is 39.2 Å². The van der Waals surface area contributed by atoms with Crippen molar-refractivity contribution in [1.82, 2.24) is 10.6 Å². The van der Waals surface area contributed by atoms with E-state index in [2.05, 4.69) is 10.6 Å². The first-order valence-electron chi connectivity index (χ1n) is 9.57. The molecule has 7 heteroatoms. The smallest absolute Gasteiger partial charge is 0.253 e. The average molecular weight is 437 g/mol. The fraction of sp³-hybridized carbons (Fsp3) is 0.364. The second-order valence-electron chi connectivity index (χ2n) is 7.34. The van der Waals surface area contributed by atoms with E-state index in [-0.39, 0.29) is 28.2 Å². The van der Waals surface area contributed by atoms with Crippen LogP contribution in [0.25, 0.3) is 0 Å². The number of phenolic OH excluding ortho intramolecular Hbond substituents is 1. The highest BCUT2D eigenvalue weighted by Gasteiger charge is 2.23. The number of halogens is 2. The molecule has 0 fully saturated rings. The molecular formula is C22H26Cl2N2O3. The van der Waals surface area contributed by atoms with E-state index in [1.165, 1.54) is 6.07 Å². The van der Waals surface area contributed by atoms with Gasteiger partial charge in [0.05, 0.1) is 10.6 Å². The van der Waals surface area contributed by atoms with Gasteiger partial charge in [0.25, 0.3) is 5.91 Å². The van der Waals surface area contributed by atoms with Crippen molar-refractivity contribution in [1.29, 1.82) is 0 Å². The van der Waals surface area contributed by atoms with Crippen LogP contribution in [0.2, 0.25) is 10.0 Å². The third kappa shape index (κ3) is 7.59. The number of hydrogen-bond donors (Lipinski definition) is 3. The van der Waals surface area contributed by atoms with Gasteiger partial charge in [-0.25, -0.2) is 0 Å². The van der Waals surface area contributed by atoms with Gasteiger partial charge in [0.15, 0.2) is 0 Å². The summed E-state index contributed by atoms with van der Waals surface area (Å²) in [5.74, 6) is -0.168. The Morgan fingerprint density at radius 1 is 1.07 bits per heavy atom. The molecule has 2 rings (SSSR count). The predicted molar refractivity (Wildman–Crippen MR) is 117 cm³/mol. The molecule has 0 spiro atoms. The summed E-state index contributed by atoms with van der Waals surface area (Å²) in [5.41, 5.74) is 1.37. The maximum absolute atomic E-state index is 12.6. The number of carbonyl (C=O) groups excluding carboxylic acids is 2. The summed E-state index contributed by atoms with van der Waals surface area (Å²) in [6, 6.07) is 11.0.